The van der Waals surface area contributed by atoms with Gasteiger partial charge in [0.15, 0.2) is 11.6 Å². The van der Waals surface area contributed by atoms with E-state index in [2.05, 4.69) is 30.9 Å². The van der Waals surface area contributed by atoms with E-state index < -0.39 is 17.8 Å². The van der Waals surface area contributed by atoms with E-state index in [-0.39, 0.29) is 5.56 Å². The Morgan fingerprint density at radius 1 is 1.59 bits per heavy atom. The van der Waals surface area contributed by atoms with Gasteiger partial charge in [-0.05, 0) is 13.0 Å². The fraction of sp³-hybridized carbons (Fsp3) is 0.222. The van der Waals surface area contributed by atoms with Gasteiger partial charge in [-0.25, -0.2) is 4.39 Å². The molecule has 0 bridgehead atoms. The summed E-state index contributed by atoms with van der Waals surface area (Å²) < 4.78 is 13.3. The lowest BCUT2D eigenvalue weighted by Gasteiger charge is -2.09. The number of hydrogen-bond donors (Lipinski definition) is 2. The van der Waals surface area contributed by atoms with E-state index in [1.54, 1.807) is 6.92 Å². The molecule has 0 spiro atoms. The first kappa shape index (κ1) is 11.1. The summed E-state index contributed by atoms with van der Waals surface area (Å²) in [6, 6.07) is 0.835. The van der Waals surface area contributed by atoms with E-state index in [4.69, 9.17) is 0 Å². The molecule has 0 aliphatic heterocycles. The molecule has 0 aliphatic rings. The maximum atomic E-state index is 13.3. The number of hydrogen-bond acceptors (Lipinski definition) is 5. The fourth-order valence-electron chi connectivity index (χ4n) is 1.25. The molecule has 1 unspecified atom stereocenters. The maximum absolute atomic E-state index is 13.3. The third kappa shape index (κ3) is 2.41. The zero-order chi connectivity index (χ0) is 12.3. The predicted octanol–water partition coefficient (Wildman–Crippen LogP) is 0.225. The van der Waals surface area contributed by atoms with Gasteiger partial charge in [-0.15, -0.1) is 10.2 Å². The van der Waals surface area contributed by atoms with Crippen molar-refractivity contribution in [2.24, 2.45) is 0 Å². The molecule has 88 valence electrons. The maximum Gasteiger partial charge on any atom is 0.254 e. The Kier molecular flexibility index (Phi) is 3.03. The van der Waals surface area contributed by atoms with E-state index in [0.29, 0.717) is 5.82 Å². The fourth-order valence-corrected chi connectivity index (χ4v) is 1.25. The first-order valence-corrected chi connectivity index (χ1v) is 4.82. The van der Waals surface area contributed by atoms with Crippen molar-refractivity contribution in [3.05, 3.63) is 35.7 Å². The molecule has 0 aliphatic carbocycles. The van der Waals surface area contributed by atoms with Gasteiger partial charge in [-0.2, -0.15) is 5.21 Å². The van der Waals surface area contributed by atoms with Gasteiger partial charge in [0.1, 0.15) is 0 Å². The molecule has 2 heterocycles. The minimum atomic E-state index is -0.676. The lowest BCUT2D eigenvalue weighted by Crippen LogP contribution is -2.28. The van der Waals surface area contributed by atoms with Crippen LogP contribution in [-0.4, -0.2) is 31.5 Å². The Morgan fingerprint density at radius 3 is 3.06 bits per heavy atom. The van der Waals surface area contributed by atoms with Gasteiger partial charge in [-0.1, -0.05) is 5.21 Å². The molecule has 0 radical (unpaired) electrons. The smallest absolute Gasteiger partial charge is 0.254 e. The average molecular weight is 236 g/mol. The van der Waals surface area contributed by atoms with Gasteiger partial charge in [0.25, 0.3) is 5.91 Å². The second-order valence-electron chi connectivity index (χ2n) is 3.32. The van der Waals surface area contributed by atoms with Crippen molar-refractivity contribution < 1.29 is 9.18 Å². The molecule has 1 amide bonds. The summed E-state index contributed by atoms with van der Waals surface area (Å²) in [5.41, 5.74) is -0.0738. The summed E-state index contributed by atoms with van der Waals surface area (Å²) in [5, 5.41) is 15.6. The number of aromatic nitrogens is 5. The second-order valence-corrected chi connectivity index (χ2v) is 3.32. The van der Waals surface area contributed by atoms with Crippen molar-refractivity contribution in [3.8, 4) is 0 Å². The third-order valence-corrected chi connectivity index (χ3v) is 2.11. The van der Waals surface area contributed by atoms with E-state index in [1.807, 2.05) is 0 Å². The molecular formula is C9H9FN6O. The highest BCUT2D eigenvalue weighted by Crippen LogP contribution is 2.08. The number of carbonyl (C=O) groups is 1. The van der Waals surface area contributed by atoms with Crippen LogP contribution in [0.4, 0.5) is 4.39 Å². The topological polar surface area (TPSA) is 96.5 Å². The molecule has 0 aromatic carbocycles. The van der Waals surface area contributed by atoms with Crippen LogP contribution in [0.3, 0.4) is 0 Å². The van der Waals surface area contributed by atoms with E-state index >= 15 is 0 Å². The van der Waals surface area contributed by atoms with Crippen molar-refractivity contribution in [1.82, 2.24) is 30.9 Å². The monoisotopic (exact) mass is 236 g/mol. The van der Waals surface area contributed by atoms with Crippen LogP contribution < -0.4 is 5.32 Å². The second kappa shape index (κ2) is 4.64. The number of halogens is 1. The lowest BCUT2D eigenvalue weighted by atomic mass is 10.2. The summed E-state index contributed by atoms with van der Waals surface area (Å²) in [4.78, 5) is 15.3. The third-order valence-electron chi connectivity index (χ3n) is 2.11. The van der Waals surface area contributed by atoms with Gasteiger partial charge in [0.2, 0.25) is 0 Å². The van der Waals surface area contributed by atoms with Gasteiger partial charge < -0.3 is 5.32 Å². The Bertz CT molecular complexity index is 514. The van der Waals surface area contributed by atoms with Crippen molar-refractivity contribution >= 4 is 5.91 Å². The van der Waals surface area contributed by atoms with Crippen LogP contribution in [-0.2, 0) is 0 Å². The van der Waals surface area contributed by atoms with Crippen molar-refractivity contribution in [2.45, 2.75) is 13.0 Å². The molecule has 2 rings (SSSR count). The predicted molar refractivity (Wildman–Crippen MR) is 54.3 cm³/mol. The molecule has 2 N–H and O–H groups in total. The van der Waals surface area contributed by atoms with Crippen LogP contribution in [0.15, 0.2) is 18.5 Å². The number of H-pyrrole nitrogens is 1. The van der Waals surface area contributed by atoms with Crippen LogP contribution in [0.5, 0.6) is 0 Å². The minimum Gasteiger partial charge on any atom is -0.342 e. The zero-order valence-corrected chi connectivity index (χ0v) is 8.88. The highest BCUT2D eigenvalue weighted by Gasteiger charge is 2.17. The standard InChI is InChI=1S/C9H9FN6O/c1-5(8-13-15-16-14-8)12-9(17)6-2-3-11-4-7(6)10/h2-5H,1H3,(H,12,17)(H,13,14,15,16). The molecule has 0 saturated heterocycles. The number of carbonyl (C=O) groups excluding carboxylic acids is 1. The highest BCUT2D eigenvalue weighted by atomic mass is 19.1. The highest BCUT2D eigenvalue weighted by molar-refractivity contribution is 5.94. The first-order valence-electron chi connectivity index (χ1n) is 4.82. The normalized spacial score (nSPS) is 12.1. The number of rotatable bonds is 3. The number of nitrogens with zero attached hydrogens (tertiary/aromatic N) is 4. The van der Waals surface area contributed by atoms with E-state index in [0.717, 1.165) is 6.20 Å². The van der Waals surface area contributed by atoms with Crippen molar-refractivity contribution in [3.63, 3.8) is 0 Å². The first-order chi connectivity index (χ1) is 8.18. The van der Waals surface area contributed by atoms with E-state index in [9.17, 15) is 9.18 Å². The minimum absolute atomic E-state index is 0.0738. The van der Waals surface area contributed by atoms with Gasteiger partial charge in [0.05, 0.1) is 17.8 Å². The van der Waals surface area contributed by atoms with Crippen LogP contribution in [0.2, 0.25) is 0 Å². The average Bonchev–Trinajstić information content (AvgIpc) is 2.82. The van der Waals surface area contributed by atoms with E-state index in [1.165, 1.54) is 12.3 Å². The summed E-state index contributed by atoms with van der Waals surface area (Å²) in [7, 11) is 0. The molecule has 7 nitrogen and oxygen atoms in total. The van der Waals surface area contributed by atoms with Gasteiger partial charge in [0, 0.05) is 6.20 Å². The molecule has 17 heavy (non-hydrogen) atoms. The Balaban J connectivity index is 2.10. The number of nitrogens with one attached hydrogen (secondary N) is 2. The number of tetrazole rings is 1. The summed E-state index contributed by atoms with van der Waals surface area (Å²) in [5.74, 6) is -0.902. The molecule has 8 heteroatoms. The SMILES string of the molecule is CC(NC(=O)c1ccncc1F)c1nn[nH]n1. The van der Waals surface area contributed by atoms with Crippen LogP contribution in [0.25, 0.3) is 0 Å². The molecule has 1 atom stereocenters. The molecule has 2 aromatic heterocycles. The van der Waals surface area contributed by atoms with Crippen LogP contribution in [0.1, 0.15) is 29.1 Å². The quantitative estimate of drug-likeness (QED) is 0.794. The Hall–Kier alpha value is -2.38. The number of amides is 1. The molecule has 0 fully saturated rings. The largest absolute Gasteiger partial charge is 0.342 e. The van der Waals surface area contributed by atoms with Gasteiger partial charge >= 0.3 is 0 Å². The summed E-state index contributed by atoms with van der Waals surface area (Å²) in [6.45, 7) is 1.67. The van der Waals surface area contributed by atoms with Crippen molar-refractivity contribution in [2.75, 3.05) is 0 Å². The molecular weight excluding hydrogens is 227 g/mol. The number of aromatic amines is 1. The van der Waals surface area contributed by atoms with Crippen LogP contribution in [0, 0.1) is 5.82 Å². The lowest BCUT2D eigenvalue weighted by molar-refractivity contribution is 0.0934. The summed E-state index contributed by atoms with van der Waals surface area (Å²) >= 11 is 0. The molecule has 0 saturated carbocycles. The van der Waals surface area contributed by atoms with Gasteiger partial charge in [-0.3, -0.25) is 9.78 Å². The van der Waals surface area contributed by atoms with Crippen LogP contribution >= 0.6 is 0 Å². The number of pyridine rings is 1. The Labute approximate surface area is 95.5 Å². The van der Waals surface area contributed by atoms with Crippen molar-refractivity contribution in [1.29, 1.82) is 0 Å². The summed E-state index contributed by atoms with van der Waals surface area (Å²) in [6.07, 6.45) is 2.32. The zero-order valence-electron chi connectivity index (χ0n) is 8.88. The Morgan fingerprint density at radius 2 is 2.41 bits per heavy atom. The molecule has 2 aromatic rings.